The molecule has 19 heavy (non-hydrogen) atoms. The molecule has 1 aliphatic carbocycles. The average molecular weight is 261 g/mol. The van der Waals surface area contributed by atoms with Gasteiger partial charge in [0.1, 0.15) is 0 Å². The molecule has 1 amide bonds. The van der Waals surface area contributed by atoms with Gasteiger partial charge in [0.25, 0.3) is 0 Å². The number of rotatable bonds is 4. The van der Waals surface area contributed by atoms with Crippen LogP contribution in [0.1, 0.15) is 37.1 Å². The van der Waals surface area contributed by atoms with Gasteiger partial charge in [-0.25, -0.2) is 0 Å². The maximum absolute atomic E-state index is 12.1. The van der Waals surface area contributed by atoms with Crippen LogP contribution in [0.3, 0.4) is 0 Å². The largest absolute Gasteiger partial charge is 0.350 e. The van der Waals surface area contributed by atoms with Crippen molar-refractivity contribution in [2.75, 3.05) is 6.54 Å². The Morgan fingerprint density at radius 2 is 2.11 bits per heavy atom. The van der Waals surface area contributed by atoms with Crippen molar-refractivity contribution in [2.45, 2.75) is 39.2 Å². The summed E-state index contributed by atoms with van der Waals surface area (Å²) < 4.78 is 0. The Balaban J connectivity index is 1.79. The van der Waals surface area contributed by atoms with Crippen LogP contribution in [-0.2, 0) is 11.3 Å². The fraction of sp³-hybridized carbons (Fsp3) is 0.600. The molecule has 0 aromatic carbocycles. The number of nitrogens with one attached hydrogen (secondary N) is 1. The molecule has 1 saturated carbocycles. The molecule has 1 heterocycles. The summed E-state index contributed by atoms with van der Waals surface area (Å²) in [4.78, 5) is 16.5. The molecule has 104 valence electrons. The monoisotopic (exact) mass is 261 g/mol. The number of amides is 1. The SMILES string of the molecule is Cc1cccc(CNC(=O)C2CCC(CN)CC2)n1. The minimum Gasteiger partial charge on any atom is -0.350 e. The summed E-state index contributed by atoms with van der Waals surface area (Å²) >= 11 is 0. The van der Waals surface area contributed by atoms with Crippen molar-refractivity contribution < 1.29 is 4.79 Å². The molecule has 0 aliphatic heterocycles. The second-order valence-corrected chi connectivity index (χ2v) is 5.44. The van der Waals surface area contributed by atoms with E-state index in [0.717, 1.165) is 43.6 Å². The highest BCUT2D eigenvalue weighted by Gasteiger charge is 2.25. The van der Waals surface area contributed by atoms with Crippen LogP contribution in [0.25, 0.3) is 0 Å². The van der Waals surface area contributed by atoms with Crippen molar-refractivity contribution in [3.8, 4) is 0 Å². The molecular formula is C15H23N3O. The van der Waals surface area contributed by atoms with Crippen molar-refractivity contribution in [3.05, 3.63) is 29.6 Å². The van der Waals surface area contributed by atoms with E-state index in [9.17, 15) is 4.79 Å². The highest BCUT2D eigenvalue weighted by Crippen LogP contribution is 2.28. The molecule has 0 radical (unpaired) electrons. The van der Waals surface area contributed by atoms with E-state index in [2.05, 4.69) is 10.3 Å². The van der Waals surface area contributed by atoms with Crippen molar-refractivity contribution in [1.29, 1.82) is 0 Å². The lowest BCUT2D eigenvalue weighted by Crippen LogP contribution is -2.34. The molecule has 0 bridgehead atoms. The summed E-state index contributed by atoms with van der Waals surface area (Å²) in [7, 11) is 0. The molecule has 2 rings (SSSR count). The summed E-state index contributed by atoms with van der Waals surface area (Å²) in [6, 6.07) is 5.87. The predicted octanol–water partition coefficient (Wildman–Crippen LogP) is 1.77. The lowest BCUT2D eigenvalue weighted by Gasteiger charge is -2.26. The summed E-state index contributed by atoms with van der Waals surface area (Å²) in [5.74, 6) is 0.939. The van der Waals surface area contributed by atoms with Gasteiger partial charge >= 0.3 is 0 Å². The van der Waals surface area contributed by atoms with Crippen LogP contribution in [0, 0.1) is 18.8 Å². The third-order valence-electron chi connectivity index (χ3n) is 3.94. The molecule has 1 aliphatic rings. The Bertz CT molecular complexity index is 425. The number of aryl methyl sites for hydroxylation is 1. The van der Waals surface area contributed by atoms with E-state index in [0.29, 0.717) is 12.5 Å². The number of carbonyl (C=O) groups is 1. The third kappa shape index (κ3) is 4.03. The van der Waals surface area contributed by atoms with Gasteiger partial charge in [0.05, 0.1) is 12.2 Å². The number of nitrogens with zero attached hydrogens (tertiary/aromatic N) is 1. The smallest absolute Gasteiger partial charge is 0.223 e. The molecule has 1 fully saturated rings. The highest BCUT2D eigenvalue weighted by molar-refractivity contribution is 5.78. The molecular weight excluding hydrogens is 238 g/mol. The van der Waals surface area contributed by atoms with Crippen molar-refractivity contribution in [1.82, 2.24) is 10.3 Å². The van der Waals surface area contributed by atoms with E-state index < -0.39 is 0 Å². The van der Waals surface area contributed by atoms with Gasteiger partial charge in [0, 0.05) is 11.6 Å². The van der Waals surface area contributed by atoms with Gasteiger partial charge in [-0.3, -0.25) is 9.78 Å². The van der Waals surface area contributed by atoms with E-state index in [4.69, 9.17) is 5.73 Å². The topological polar surface area (TPSA) is 68.0 Å². The molecule has 0 spiro atoms. The number of hydrogen-bond donors (Lipinski definition) is 2. The molecule has 4 heteroatoms. The maximum atomic E-state index is 12.1. The Morgan fingerprint density at radius 3 is 2.74 bits per heavy atom. The van der Waals surface area contributed by atoms with Crippen LogP contribution in [0.15, 0.2) is 18.2 Å². The van der Waals surface area contributed by atoms with E-state index in [1.165, 1.54) is 0 Å². The third-order valence-corrected chi connectivity index (χ3v) is 3.94. The Hall–Kier alpha value is -1.42. The first-order valence-corrected chi connectivity index (χ1v) is 7.09. The Morgan fingerprint density at radius 1 is 1.37 bits per heavy atom. The number of carbonyl (C=O) groups excluding carboxylic acids is 1. The maximum Gasteiger partial charge on any atom is 0.223 e. The Labute approximate surface area is 114 Å². The summed E-state index contributed by atoms with van der Waals surface area (Å²) in [5.41, 5.74) is 7.57. The molecule has 1 aromatic heterocycles. The molecule has 3 N–H and O–H groups in total. The summed E-state index contributed by atoms with van der Waals surface area (Å²) in [5, 5.41) is 3.00. The fourth-order valence-electron chi connectivity index (χ4n) is 2.68. The number of pyridine rings is 1. The zero-order valence-electron chi connectivity index (χ0n) is 11.6. The zero-order chi connectivity index (χ0) is 13.7. The minimum absolute atomic E-state index is 0.160. The highest BCUT2D eigenvalue weighted by atomic mass is 16.1. The van der Waals surface area contributed by atoms with Crippen LogP contribution < -0.4 is 11.1 Å². The lowest BCUT2D eigenvalue weighted by atomic mass is 9.81. The first-order valence-electron chi connectivity index (χ1n) is 7.09. The van der Waals surface area contributed by atoms with Crippen molar-refractivity contribution in [3.63, 3.8) is 0 Å². The first-order chi connectivity index (χ1) is 9.19. The number of nitrogens with two attached hydrogens (primary N) is 1. The zero-order valence-corrected chi connectivity index (χ0v) is 11.6. The molecule has 0 saturated heterocycles. The van der Waals surface area contributed by atoms with Crippen LogP contribution in [0.4, 0.5) is 0 Å². The normalized spacial score (nSPS) is 23.1. The quantitative estimate of drug-likeness (QED) is 0.868. The Kier molecular flexibility index (Phi) is 4.91. The predicted molar refractivity (Wildman–Crippen MR) is 75.3 cm³/mol. The molecule has 0 atom stereocenters. The standard InChI is InChI=1S/C15H23N3O/c1-11-3-2-4-14(18-11)10-17-15(19)13-7-5-12(9-16)6-8-13/h2-4,12-13H,5-10,16H2,1H3,(H,17,19). The second kappa shape index (κ2) is 6.66. The molecule has 1 aromatic rings. The summed E-state index contributed by atoms with van der Waals surface area (Å²) in [6.07, 6.45) is 4.10. The van der Waals surface area contributed by atoms with E-state index in [1.54, 1.807) is 0 Å². The van der Waals surface area contributed by atoms with Gasteiger partial charge in [-0.05, 0) is 57.2 Å². The van der Waals surface area contributed by atoms with Gasteiger partial charge in [-0.15, -0.1) is 0 Å². The lowest BCUT2D eigenvalue weighted by molar-refractivity contribution is -0.126. The van der Waals surface area contributed by atoms with Crippen LogP contribution in [0.2, 0.25) is 0 Å². The minimum atomic E-state index is 0.160. The van der Waals surface area contributed by atoms with Crippen LogP contribution in [0.5, 0.6) is 0 Å². The fourth-order valence-corrected chi connectivity index (χ4v) is 2.68. The van der Waals surface area contributed by atoms with Crippen molar-refractivity contribution in [2.24, 2.45) is 17.6 Å². The molecule has 4 nitrogen and oxygen atoms in total. The van der Waals surface area contributed by atoms with E-state index in [-0.39, 0.29) is 11.8 Å². The molecule has 0 unspecified atom stereocenters. The van der Waals surface area contributed by atoms with Gasteiger partial charge in [-0.1, -0.05) is 6.07 Å². The average Bonchev–Trinajstić information content (AvgIpc) is 2.45. The first kappa shape index (κ1) is 14.0. The second-order valence-electron chi connectivity index (χ2n) is 5.44. The van der Waals surface area contributed by atoms with Crippen LogP contribution in [-0.4, -0.2) is 17.4 Å². The van der Waals surface area contributed by atoms with E-state index >= 15 is 0 Å². The summed E-state index contributed by atoms with van der Waals surface area (Å²) in [6.45, 7) is 3.23. The van der Waals surface area contributed by atoms with Gasteiger partial charge in [-0.2, -0.15) is 0 Å². The van der Waals surface area contributed by atoms with Crippen LogP contribution >= 0.6 is 0 Å². The van der Waals surface area contributed by atoms with Gasteiger partial charge < -0.3 is 11.1 Å². The van der Waals surface area contributed by atoms with Gasteiger partial charge in [0.15, 0.2) is 0 Å². The van der Waals surface area contributed by atoms with Gasteiger partial charge in [0.2, 0.25) is 5.91 Å². The number of hydrogen-bond acceptors (Lipinski definition) is 3. The van der Waals surface area contributed by atoms with E-state index in [1.807, 2.05) is 25.1 Å². The van der Waals surface area contributed by atoms with Crippen molar-refractivity contribution >= 4 is 5.91 Å². The number of aromatic nitrogens is 1.